The molecule has 0 aromatic heterocycles. The Hall–Kier alpha value is -0.820. The van der Waals surface area contributed by atoms with Gasteiger partial charge in [-0.2, -0.15) is 4.31 Å². The molecule has 0 amide bonds. The van der Waals surface area contributed by atoms with Crippen molar-refractivity contribution in [2.75, 3.05) is 12.3 Å². The average molecular weight is 291 g/mol. The first kappa shape index (κ1) is 16.2. The quantitative estimate of drug-likeness (QED) is 0.354. The molecule has 1 aliphatic heterocycles. The van der Waals surface area contributed by atoms with Crippen LogP contribution in [0.25, 0.3) is 0 Å². The zero-order valence-corrected chi connectivity index (χ0v) is 12.8. The van der Waals surface area contributed by atoms with Crippen molar-refractivity contribution in [3.63, 3.8) is 0 Å². The summed E-state index contributed by atoms with van der Waals surface area (Å²) in [4.78, 5) is 0. The lowest BCUT2D eigenvalue weighted by Gasteiger charge is -2.34. The van der Waals surface area contributed by atoms with Crippen LogP contribution in [0.5, 0.6) is 0 Å². The van der Waals surface area contributed by atoms with Crippen LogP contribution in [0, 0.1) is 5.41 Å². The van der Waals surface area contributed by atoms with E-state index in [1.807, 2.05) is 20.8 Å². The van der Waals surface area contributed by atoms with E-state index in [4.69, 9.17) is 10.9 Å². The third kappa shape index (κ3) is 4.65. The van der Waals surface area contributed by atoms with Gasteiger partial charge in [0.05, 0.1) is 11.8 Å². The van der Waals surface area contributed by atoms with E-state index in [0.29, 0.717) is 19.4 Å². The maximum atomic E-state index is 12.4. The highest BCUT2D eigenvalue weighted by atomic mass is 32.2. The van der Waals surface area contributed by atoms with Gasteiger partial charge in [0.15, 0.2) is 5.84 Å². The number of hydrogen-bond donors (Lipinski definition) is 2. The van der Waals surface area contributed by atoms with Gasteiger partial charge in [0.2, 0.25) is 10.0 Å². The predicted octanol–water partition coefficient (Wildman–Crippen LogP) is 1.35. The van der Waals surface area contributed by atoms with E-state index in [1.54, 1.807) is 0 Å². The second kappa shape index (κ2) is 6.09. The molecule has 0 saturated carbocycles. The Kier molecular flexibility index (Phi) is 5.20. The molecule has 1 rings (SSSR count). The highest BCUT2D eigenvalue weighted by Crippen LogP contribution is 2.25. The van der Waals surface area contributed by atoms with Crippen LogP contribution in [-0.2, 0) is 10.0 Å². The average Bonchev–Trinajstić information content (AvgIpc) is 2.35. The molecule has 0 spiro atoms. The smallest absolute Gasteiger partial charge is 0.214 e. The summed E-state index contributed by atoms with van der Waals surface area (Å²) >= 11 is 0. The molecule has 7 heteroatoms. The highest BCUT2D eigenvalue weighted by Gasteiger charge is 2.35. The molecule has 0 bridgehead atoms. The molecule has 0 aliphatic carbocycles. The van der Waals surface area contributed by atoms with Gasteiger partial charge in [0.1, 0.15) is 0 Å². The number of oxime groups is 1. The van der Waals surface area contributed by atoms with Crippen molar-refractivity contribution in [1.82, 2.24) is 4.31 Å². The normalized spacial score (nSPS) is 23.5. The summed E-state index contributed by atoms with van der Waals surface area (Å²) in [5, 5.41) is 11.7. The summed E-state index contributed by atoms with van der Waals surface area (Å²) in [5.41, 5.74) is 5.58. The molecule has 6 nitrogen and oxygen atoms in total. The van der Waals surface area contributed by atoms with Crippen LogP contribution in [0.4, 0.5) is 0 Å². The van der Waals surface area contributed by atoms with Crippen molar-refractivity contribution in [3.8, 4) is 0 Å². The standard InChI is InChI=1S/C12H25N3O3S/c1-12(2,3)7-9-19(17,18)15-8-5-4-6-10(15)11(13)14-16/h10,16H,4-9H2,1-3H3,(H2,13,14). The third-order valence-electron chi connectivity index (χ3n) is 3.38. The fraction of sp³-hybridized carbons (Fsp3) is 0.917. The Bertz CT molecular complexity index is 426. The van der Waals surface area contributed by atoms with Gasteiger partial charge in [-0.05, 0) is 24.7 Å². The fourth-order valence-electron chi connectivity index (χ4n) is 2.15. The number of hydrogen-bond acceptors (Lipinski definition) is 4. The molecule has 1 unspecified atom stereocenters. The monoisotopic (exact) mass is 291 g/mol. The van der Waals surface area contributed by atoms with Crippen molar-refractivity contribution >= 4 is 15.9 Å². The zero-order valence-electron chi connectivity index (χ0n) is 12.0. The second-order valence-corrected chi connectivity index (χ2v) is 8.31. The van der Waals surface area contributed by atoms with Crippen LogP contribution in [0.3, 0.4) is 0 Å². The van der Waals surface area contributed by atoms with E-state index in [0.717, 1.165) is 12.8 Å². The first-order valence-electron chi connectivity index (χ1n) is 6.64. The Morgan fingerprint density at radius 1 is 1.42 bits per heavy atom. The van der Waals surface area contributed by atoms with Crippen molar-refractivity contribution in [3.05, 3.63) is 0 Å². The van der Waals surface area contributed by atoms with E-state index in [1.165, 1.54) is 4.31 Å². The molecule has 0 radical (unpaired) electrons. The summed E-state index contributed by atoms with van der Waals surface area (Å²) in [7, 11) is -3.36. The lowest BCUT2D eigenvalue weighted by atomic mass is 9.94. The van der Waals surface area contributed by atoms with E-state index >= 15 is 0 Å². The molecule has 1 atom stereocenters. The maximum Gasteiger partial charge on any atom is 0.214 e. The minimum absolute atomic E-state index is 0.0148. The van der Waals surface area contributed by atoms with Crippen molar-refractivity contribution in [2.45, 2.75) is 52.5 Å². The minimum atomic E-state index is -3.36. The van der Waals surface area contributed by atoms with Crippen molar-refractivity contribution in [2.24, 2.45) is 16.3 Å². The number of sulfonamides is 1. The highest BCUT2D eigenvalue weighted by molar-refractivity contribution is 7.89. The minimum Gasteiger partial charge on any atom is -0.409 e. The topological polar surface area (TPSA) is 96.0 Å². The molecular formula is C12H25N3O3S. The molecular weight excluding hydrogens is 266 g/mol. The van der Waals surface area contributed by atoms with Crippen LogP contribution in [0.15, 0.2) is 5.16 Å². The van der Waals surface area contributed by atoms with E-state index in [-0.39, 0.29) is 17.0 Å². The SMILES string of the molecule is CC(C)(C)CCS(=O)(=O)N1CCCCC1C(N)=NO. The third-order valence-corrected chi connectivity index (χ3v) is 5.25. The molecule has 19 heavy (non-hydrogen) atoms. The van der Waals surface area contributed by atoms with E-state index < -0.39 is 16.1 Å². The summed E-state index contributed by atoms with van der Waals surface area (Å²) in [6.45, 7) is 6.49. The van der Waals surface area contributed by atoms with Crippen LogP contribution < -0.4 is 5.73 Å². The van der Waals surface area contributed by atoms with Crippen LogP contribution in [0.2, 0.25) is 0 Å². The molecule has 1 fully saturated rings. The number of rotatable bonds is 4. The largest absolute Gasteiger partial charge is 0.409 e. The number of piperidine rings is 1. The van der Waals surface area contributed by atoms with E-state index in [9.17, 15) is 8.42 Å². The summed E-state index contributed by atoms with van der Waals surface area (Å²) in [6.07, 6.45) is 2.93. The number of nitrogens with two attached hydrogens (primary N) is 1. The Balaban J connectivity index is 2.84. The lowest BCUT2D eigenvalue weighted by Crippen LogP contribution is -2.51. The summed E-state index contributed by atoms with van der Waals surface area (Å²) < 4.78 is 26.2. The second-order valence-electron chi connectivity index (χ2n) is 6.27. The Morgan fingerprint density at radius 2 is 2.05 bits per heavy atom. The number of amidine groups is 1. The Morgan fingerprint density at radius 3 is 2.58 bits per heavy atom. The summed E-state index contributed by atoms with van der Waals surface area (Å²) in [6, 6.07) is -0.497. The van der Waals surface area contributed by atoms with Crippen LogP contribution in [0.1, 0.15) is 46.5 Å². The molecule has 1 saturated heterocycles. The maximum absolute atomic E-state index is 12.4. The van der Waals surface area contributed by atoms with Gasteiger partial charge in [-0.25, -0.2) is 8.42 Å². The first-order chi connectivity index (χ1) is 8.67. The van der Waals surface area contributed by atoms with Gasteiger partial charge in [-0.3, -0.25) is 0 Å². The molecule has 3 N–H and O–H groups in total. The van der Waals surface area contributed by atoms with Gasteiger partial charge < -0.3 is 10.9 Å². The molecule has 1 heterocycles. The Labute approximate surface area is 115 Å². The van der Waals surface area contributed by atoms with Crippen LogP contribution in [-0.4, -0.2) is 42.1 Å². The van der Waals surface area contributed by atoms with Gasteiger partial charge in [0.25, 0.3) is 0 Å². The summed E-state index contributed by atoms with van der Waals surface area (Å²) in [5.74, 6) is 0.0881. The first-order valence-corrected chi connectivity index (χ1v) is 8.25. The van der Waals surface area contributed by atoms with Gasteiger partial charge in [-0.1, -0.05) is 32.3 Å². The zero-order chi connectivity index (χ0) is 14.7. The number of nitrogens with zero attached hydrogens (tertiary/aromatic N) is 2. The molecule has 0 aromatic rings. The predicted molar refractivity (Wildman–Crippen MR) is 75.6 cm³/mol. The van der Waals surface area contributed by atoms with Crippen molar-refractivity contribution in [1.29, 1.82) is 0 Å². The molecule has 1 aliphatic rings. The molecule has 112 valence electrons. The van der Waals surface area contributed by atoms with Gasteiger partial charge in [-0.15, -0.1) is 0 Å². The van der Waals surface area contributed by atoms with Crippen molar-refractivity contribution < 1.29 is 13.6 Å². The fourth-order valence-corrected chi connectivity index (χ4v) is 4.27. The van der Waals surface area contributed by atoms with Crippen LogP contribution >= 0.6 is 0 Å². The van der Waals surface area contributed by atoms with Gasteiger partial charge in [0, 0.05) is 6.54 Å². The van der Waals surface area contributed by atoms with E-state index in [2.05, 4.69) is 5.16 Å². The molecule has 0 aromatic carbocycles. The van der Waals surface area contributed by atoms with Gasteiger partial charge >= 0.3 is 0 Å². The lowest BCUT2D eigenvalue weighted by molar-refractivity contribution is 0.279.